The van der Waals surface area contributed by atoms with E-state index in [-0.39, 0.29) is 0 Å². The van der Waals surface area contributed by atoms with Gasteiger partial charge in [0.2, 0.25) is 0 Å². The van der Waals surface area contributed by atoms with E-state index in [2.05, 4.69) is 42.2 Å². The molecule has 2 unspecified atom stereocenters. The zero-order valence-corrected chi connectivity index (χ0v) is 9.50. The summed E-state index contributed by atoms with van der Waals surface area (Å²) in [4.78, 5) is 0. The van der Waals surface area contributed by atoms with Crippen LogP contribution in [-0.2, 0) is 0 Å². The number of rotatable bonds is 5. The zero-order chi connectivity index (χ0) is 10.7. The Kier molecular flexibility index (Phi) is 3.45. The van der Waals surface area contributed by atoms with Crippen LogP contribution in [0.2, 0.25) is 0 Å². The van der Waals surface area contributed by atoms with Crippen LogP contribution in [0.25, 0.3) is 0 Å². The van der Waals surface area contributed by atoms with Crippen molar-refractivity contribution in [3.63, 3.8) is 0 Å². The van der Waals surface area contributed by atoms with Crippen molar-refractivity contribution in [1.82, 2.24) is 5.32 Å². The van der Waals surface area contributed by atoms with E-state index in [1.807, 2.05) is 0 Å². The van der Waals surface area contributed by atoms with E-state index in [9.17, 15) is 0 Å². The molecule has 1 nitrogen and oxygen atoms in total. The van der Waals surface area contributed by atoms with Crippen LogP contribution in [0.3, 0.4) is 0 Å². The number of nitrogens with one attached hydrogen (secondary N) is 1. The Labute approximate surface area is 96.1 Å². The normalized spacial score (nSPS) is 23.8. The molecule has 80 valence electrons. The minimum Gasteiger partial charge on any atom is -0.312 e. The lowest BCUT2D eigenvalue weighted by molar-refractivity contribution is 0.665. The van der Waals surface area contributed by atoms with Crippen LogP contribution in [0.4, 0.5) is 0 Å². The fraction of sp³-hybridized carbons (Fsp3) is 0.385. The zero-order valence-electron chi connectivity index (χ0n) is 8.75. The summed E-state index contributed by atoms with van der Waals surface area (Å²) in [5.41, 5.74) is 1.47. The molecule has 0 aromatic heterocycles. The molecule has 0 aliphatic heterocycles. The van der Waals surface area contributed by atoms with Crippen molar-refractivity contribution < 1.29 is 0 Å². The van der Waals surface area contributed by atoms with Crippen LogP contribution < -0.4 is 5.32 Å². The van der Waals surface area contributed by atoms with Gasteiger partial charge in [0.25, 0.3) is 0 Å². The molecular formula is C13H16ClN. The van der Waals surface area contributed by atoms with Gasteiger partial charge in [0, 0.05) is 11.6 Å². The monoisotopic (exact) mass is 221 g/mol. The highest BCUT2D eigenvalue weighted by Crippen LogP contribution is 2.46. The summed E-state index contributed by atoms with van der Waals surface area (Å²) in [5, 5.41) is 4.00. The topological polar surface area (TPSA) is 12.0 Å². The maximum absolute atomic E-state index is 5.68. The highest BCUT2D eigenvalue weighted by molar-refractivity contribution is 6.29. The van der Waals surface area contributed by atoms with Gasteiger partial charge >= 0.3 is 0 Å². The molecule has 0 amide bonds. The molecule has 1 aromatic rings. The molecular weight excluding hydrogens is 206 g/mol. The van der Waals surface area contributed by atoms with Gasteiger partial charge in [-0.25, -0.2) is 0 Å². The molecule has 15 heavy (non-hydrogen) atoms. The van der Waals surface area contributed by atoms with Crippen LogP contribution >= 0.6 is 11.6 Å². The summed E-state index contributed by atoms with van der Waals surface area (Å²) >= 11 is 5.68. The molecule has 1 fully saturated rings. The minimum absolute atomic E-state index is 0.687. The van der Waals surface area contributed by atoms with Gasteiger partial charge in [-0.1, -0.05) is 48.5 Å². The Morgan fingerprint density at radius 3 is 2.80 bits per heavy atom. The van der Waals surface area contributed by atoms with Gasteiger partial charge in [0.05, 0.1) is 0 Å². The van der Waals surface area contributed by atoms with E-state index < -0.39 is 0 Å². The maximum atomic E-state index is 5.68. The van der Waals surface area contributed by atoms with Crippen molar-refractivity contribution in [3.05, 3.63) is 47.5 Å². The van der Waals surface area contributed by atoms with Crippen molar-refractivity contribution >= 4 is 11.6 Å². The highest BCUT2D eigenvalue weighted by Gasteiger charge is 2.37. The molecule has 0 saturated heterocycles. The van der Waals surface area contributed by atoms with Crippen LogP contribution in [0.5, 0.6) is 0 Å². The first-order chi connectivity index (χ1) is 7.27. The second-order valence-electron chi connectivity index (χ2n) is 4.16. The van der Waals surface area contributed by atoms with Crippen molar-refractivity contribution in [2.75, 3.05) is 13.1 Å². The second kappa shape index (κ2) is 4.82. The summed E-state index contributed by atoms with van der Waals surface area (Å²) in [6.07, 6.45) is 1.30. The molecule has 0 radical (unpaired) electrons. The van der Waals surface area contributed by atoms with E-state index in [4.69, 9.17) is 11.6 Å². The van der Waals surface area contributed by atoms with Crippen molar-refractivity contribution in [2.45, 2.75) is 12.3 Å². The average molecular weight is 222 g/mol. The van der Waals surface area contributed by atoms with E-state index in [1.165, 1.54) is 12.0 Å². The van der Waals surface area contributed by atoms with E-state index in [0.29, 0.717) is 5.03 Å². The predicted molar refractivity (Wildman–Crippen MR) is 65.2 cm³/mol. The molecule has 0 bridgehead atoms. The Balaban J connectivity index is 1.75. The summed E-state index contributed by atoms with van der Waals surface area (Å²) in [5.74, 6) is 1.53. The molecule has 1 aliphatic rings. The highest BCUT2D eigenvalue weighted by atomic mass is 35.5. The summed E-state index contributed by atoms with van der Waals surface area (Å²) < 4.78 is 0. The third-order valence-electron chi connectivity index (χ3n) is 2.87. The number of hydrogen-bond donors (Lipinski definition) is 1. The minimum atomic E-state index is 0.687. The third kappa shape index (κ3) is 3.08. The van der Waals surface area contributed by atoms with E-state index in [0.717, 1.165) is 24.9 Å². The molecule has 1 saturated carbocycles. The molecule has 1 aliphatic carbocycles. The Morgan fingerprint density at radius 1 is 1.40 bits per heavy atom. The van der Waals surface area contributed by atoms with Crippen LogP contribution in [0, 0.1) is 5.92 Å². The molecule has 0 heterocycles. The van der Waals surface area contributed by atoms with Gasteiger partial charge in [-0.2, -0.15) is 0 Å². The number of halogens is 1. The lowest BCUT2D eigenvalue weighted by Gasteiger charge is -2.02. The lowest BCUT2D eigenvalue weighted by atomic mass is 10.1. The number of benzene rings is 1. The van der Waals surface area contributed by atoms with Gasteiger partial charge in [0.15, 0.2) is 0 Å². The quantitative estimate of drug-likeness (QED) is 0.806. The first-order valence-corrected chi connectivity index (χ1v) is 5.74. The summed E-state index contributed by atoms with van der Waals surface area (Å²) in [7, 11) is 0. The van der Waals surface area contributed by atoms with E-state index >= 15 is 0 Å². The molecule has 2 atom stereocenters. The van der Waals surface area contributed by atoms with Gasteiger partial charge in [-0.05, 0) is 30.4 Å². The third-order valence-corrected chi connectivity index (χ3v) is 3.01. The van der Waals surface area contributed by atoms with Gasteiger partial charge in [-0.3, -0.25) is 0 Å². The van der Waals surface area contributed by atoms with Gasteiger partial charge < -0.3 is 5.32 Å². The molecule has 2 rings (SSSR count). The Morgan fingerprint density at radius 2 is 2.13 bits per heavy atom. The van der Waals surface area contributed by atoms with E-state index in [1.54, 1.807) is 0 Å². The van der Waals surface area contributed by atoms with Crippen molar-refractivity contribution in [2.24, 2.45) is 5.92 Å². The fourth-order valence-corrected chi connectivity index (χ4v) is 2.07. The maximum Gasteiger partial charge on any atom is 0.0307 e. The molecule has 2 heteroatoms. The fourth-order valence-electron chi connectivity index (χ4n) is 1.97. The SMILES string of the molecule is C=C(Cl)CNCC1CC1c1ccccc1. The predicted octanol–water partition coefficient (Wildman–Crippen LogP) is 3.13. The Bertz CT molecular complexity index is 334. The smallest absolute Gasteiger partial charge is 0.0307 e. The first-order valence-electron chi connectivity index (χ1n) is 5.36. The van der Waals surface area contributed by atoms with Crippen LogP contribution in [0.15, 0.2) is 41.9 Å². The number of hydrogen-bond acceptors (Lipinski definition) is 1. The molecule has 0 spiro atoms. The van der Waals surface area contributed by atoms with Gasteiger partial charge in [-0.15, -0.1) is 0 Å². The van der Waals surface area contributed by atoms with Crippen LogP contribution in [0.1, 0.15) is 17.9 Å². The van der Waals surface area contributed by atoms with Crippen molar-refractivity contribution in [1.29, 1.82) is 0 Å². The summed E-state index contributed by atoms with van der Waals surface area (Å²) in [6.45, 7) is 5.42. The largest absolute Gasteiger partial charge is 0.312 e. The lowest BCUT2D eigenvalue weighted by Crippen LogP contribution is -2.18. The van der Waals surface area contributed by atoms with Crippen molar-refractivity contribution in [3.8, 4) is 0 Å². The second-order valence-corrected chi connectivity index (χ2v) is 4.70. The first kappa shape index (κ1) is 10.7. The van der Waals surface area contributed by atoms with Gasteiger partial charge in [0.1, 0.15) is 0 Å². The van der Waals surface area contributed by atoms with Crippen LogP contribution in [-0.4, -0.2) is 13.1 Å². The summed E-state index contributed by atoms with van der Waals surface area (Å²) in [6, 6.07) is 10.7. The average Bonchev–Trinajstić information content (AvgIpc) is 2.98. The molecule has 1 aromatic carbocycles. The standard InChI is InChI=1S/C13H16ClN/c1-10(14)8-15-9-12-7-13(12)11-5-3-2-4-6-11/h2-6,12-13,15H,1,7-9H2. The Hall–Kier alpha value is -0.790. The molecule has 1 N–H and O–H groups in total.